The first-order chi connectivity index (χ1) is 11.7. The minimum Gasteiger partial charge on any atom is -0.343 e. The Morgan fingerprint density at radius 2 is 1.62 bits per heavy atom. The molecule has 0 aliphatic carbocycles. The number of aryl methyl sites for hydroxylation is 1. The van der Waals surface area contributed by atoms with Gasteiger partial charge >= 0.3 is 0 Å². The lowest BCUT2D eigenvalue weighted by molar-refractivity contribution is -0.919. The van der Waals surface area contributed by atoms with Gasteiger partial charge in [0.1, 0.15) is 6.54 Å². The summed E-state index contributed by atoms with van der Waals surface area (Å²) in [5.74, 6) is 0.898. The molecule has 1 fully saturated rings. The number of para-hydroxylation sites is 1. The molecule has 4 rings (SSSR count). The zero-order valence-electron chi connectivity index (χ0n) is 14.8. The van der Waals surface area contributed by atoms with Gasteiger partial charge in [-0.25, -0.2) is 0 Å². The third-order valence-electron chi connectivity index (χ3n) is 5.67. The Hall–Kier alpha value is -2.06. The quantitative estimate of drug-likeness (QED) is 0.755. The highest BCUT2D eigenvalue weighted by Crippen LogP contribution is 2.32. The highest BCUT2D eigenvalue weighted by Gasteiger charge is 2.24. The van der Waals surface area contributed by atoms with E-state index in [1.807, 2.05) is 0 Å². The van der Waals surface area contributed by atoms with Crippen molar-refractivity contribution < 1.29 is 4.90 Å². The largest absolute Gasteiger partial charge is 0.343 e. The number of nitrogens with one attached hydrogen (secondary N) is 1. The van der Waals surface area contributed by atoms with Crippen LogP contribution in [0.15, 0.2) is 54.6 Å². The van der Waals surface area contributed by atoms with Crippen molar-refractivity contribution in [3.8, 4) is 11.3 Å². The lowest BCUT2D eigenvalue weighted by Gasteiger charge is -2.27. The number of hydrogen-bond donors (Lipinski definition) is 1. The fraction of sp³-hybridized carbons (Fsp3) is 0.364. The van der Waals surface area contributed by atoms with Crippen LogP contribution in [0, 0.1) is 5.92 Å². The SMILES string of the molecule is CC1CC[NH+](Cc2c(-c3ccccc3)n(C)c3ccccc23)CC1. The van der Waals surface area contributed by atoms with Crippen molar-refractivity contribution in [2.24, 2.45) is 13.0 Å². The van der Waals surface area contributed by atoms with Crippen molar-refractivity contribution >= 4 is 10.9 Å². The number of likely N-dealkylation sites (tertiary alicyclic amines) is 1. The molecule has 0 bridgehead atoms. The topological polar surface area (TPSA) is 9.37 Å². The average molecular weight is 319 g/mol. The van der Waals surface area contributed by atoms with Crippen LogP contribution in [0.25, 0.3) is 22.2 Å². The van der Waals surface area contributed by atoms with E-state index in [1.54, 1.807) is 4.90 Å². The number of hydrogen-bond acceptors (Lipinski definition) is 0. The van der Waals surface area contributed by atoms with Gasteiger partial charge in [-0.2, -0.15) is 0 Å². The van der Waals surface area contributed by atoms with Crippen molar-refractivity contribution in [3.63, 3.8) is 0 Å². The summed E-state index contributed by atoms with van der Waals surface area (Å²) in [7, 11) is 2.21. The number of piperidine rings is 1. The first kappa shape index (κ1) is 15.5. The zero-order valence-corrected chi connectivity index (χ0v) is 14.8. The second-order valence-corrected chi connectivity index (χ2v) is 7.38. The van der Waals surface area contributed by atoms with E-state index in [-0.39, 0.29) is 0 Å². The molecular weight excluding hydrogens is 292 g/mol. The minimum atomic E-state index is 0.898. The molecular formula is C22H27N2+. The van der Waals surface area contributed by atoms with Crippen LogP contribution in [0.1, 0.15) is 25.3 Å². The fourth-order valence-electron chi connectivity index (χ4n) is 4.21. The molecule has 3 aromatic rings. The van der Waals surface area contributed by atoms with E-state index in [1.165, 1.54) is 53.7 Å². The molecule has 1 saturated heterocycles. The van der Waals surface area contributed by atoms with Gasteiger partial charge in [0.15, 0.2) is 0 Å². The molecule has 0 radical (unpaired) electrons. The molecule has 0 saturated carbocycles. The van der Waals surface area contributed by atoms with E-state index in [0.29, 0.717) is 0 Å². The summed E-state index contributed by atoms with van der Waals surface area (Å²) in [5.41, 5.74) is 5.58. The lowest BCUT2D eigenvalue weighted by atomic mass is 9.98. The Balaban J connectivity index is 1.80. The van der Waals surface area contributed by atoms with Crippen molar-refractivity contribution in [2.75, 3.05) is 13.1 Å². The van der Waals surface area contributed by atoms with Crippen molar-refractivity contribution in [3.05, 3.63) is 60.2 Å². The van der Waals surface area contributed by atoms with E-state index in [2.05, 4.69) is 73.1 Å². The van der Waals surface area contributed by atoms with Gasteiger partial charge in [-0.15, -0.1) is 0 Å². The van der Waals surface area contributed by atoms with Crippen molar-refractivity contribution in [1.29, 1.82) is 0 Å². The van der Waals surface area contributed by atoms with E-state index < -0.39 is 0 Å². The van der Waals surface area contributed by atoms with Crippen LogP contribution in [0.4, 0.5) is 0 Å². The molecule has 124 valence electrons. The molecule has 2 heterocycles. The Labute approximate surface area is 144 Å². The monoisotopic (exact) mass is 319 g/mol. The van der Waals surface area contributed by atoms with Crippen LogP contribution in [-0.2, 0) is 13.6 Å². The third-order valence-corrected chi connectivity index (χ3v) is 5.67. The maximum atomic E-state index is 2.39. The summed E-state index contributed by atoms with van der Waals surface area (Å²) in [4.78, 5) is 1.74. The van der Waals surface area contributed by atoms with E-state index in [9.17, 15) is 0 Å². The summed E-state index contributed by atoms with van der Waals surface area (Å²) >= 11 is 0. The lowest BCUT2D eigenvalue weighted by Crippen LogP contribution is -3.11. The first-order valence-electron chi connectivity index (χ1n) is 9.19. The molecule has 0 atom stereocenters. The maximum absolute atomic E-state index is 2.39. The second kappa shape index (κ2) is 6.45. The van der Waals surface area contributed by atoms with Gasteiger partial charge in [-0.3, -0.25) is 0 Å². The number of nitrogens with zero attached hydrogens (tertiary/aromatic N) is 1. The Morgan fingerprint density at radius 3 is 2.38 bits per heavy atom. The van der Waals surface area contributed by atoms with Gasteiger partial charge in [0.2, 0.25) is 0 Å². The van der Waals surface area contributed by atoms with Gasteiger partial charge in [0, 0.05) is 23.5 Å². The van der Waals surface area contributed by atoms with Gasteiger partial charge in [0.05, 0.1) is 18.8 Å². The number of quaternary nitrogens is 1. The molecule has 2 aromatic carbocycles. The standard InChI is InChI=1S/C22H26N2/c1-17-12-14-24(15-13-17)16-20-19-10-6-7-11-21(19)23(2)22(20)18-8-4-3-5-9-18/h3-11,17H,12-16H2,1-2H3/p+1. The van der Waals surface area contributed by atoms with Crippen LogP contribution in [0.3, 0.4) is 0 Å². The number of benzene rings is 2. The third kappa shape index (κ3) is 2.76. The summed E-state index contributed by atoms with van der Waals surface area (Å²) in [5, 5.41) is 1.42. The maximum Gasteiger partial charge on any atom is 0.106 e. The Morgan fingerprint density at radius 1 is 0.958 bits per heavy atom. The van der Waals surface area contributed by atoms with Gasteiger partial charge < -0.3 is 9.47 Å². The van der Waals surface area contributed by atoms with Crippen molar-refractivity contribution in [1.82, 2.24) is 4.57 Å². The zero-order chi connectivity index (χ0) is 16.5. The summed E-state index contributed by atoms with van der Waals surface area (Å²) < 4.78 is 2.38. The fourth-order valence-corrected chi connectivity index (χ4v) is 4.21. The second-order valence-electron chi connectivity index (χ2n) is 7.38. The van der Waals surface area contributed by atoms with Crippen LogP contribution in [-0.4, -0.2) is 17.7 Å². The van der Waals surface area contributed by atoms with Crippen LogP contribution in [0.5, 0.6) is 0 Å². The van der Waals surface area contributed by atoms with Gasteiger partial charge in [-0.05, 0) is 30.4 Å². The predicted molar refractivity (Wildman–Crippen MR) is 101 cm³/mol. The number of rotatable bonds is 3. The molecule has 1 aliphatic rings. The van der Waals surface area contributed by atoms with Crippen LogP contribution < -0.4 is 4.90 Å². The smallest absolute Gasteiger partial charge is 0.106 e. The molecule has 0 amide bonds. The Kier molecular flexibility index (Phi) is 4.15. The average Bonchev–Trinajstić information content (AvgIpc) is 2.90. The van der Waals surface area contributed by atoms with E-state index in [0.717, 1.165) is 12.5 Å². The van der Waals surface area contributed by atoms with Crippen LogP contribution in [0.2, 0.25) is 0 Å². The van der Waals surface area contributed by atoms with Crippen molar-refractivity contribution in [2.45, 2.75) is 26.3 Å². The van der Waals surface area contributed by atoms with Gasteiger partial charge in [0.25, 0.3) is 0 Å². The summed E-state index contributed by atoms with van der Waals surface area (Å²) in [6, 6.07) is 19.7. The molecule has 1 aromatic heterocycles. The molecule has 1 N–H and O–H groups in total. The highest BCUT2D eigenvalue weighted by molar-refractivity contribution is 5.91. The van der Waals surface area contributed by atoms with E-state index in [4.69, 9.17) is 0 Å². The van der Waals surface area contributed by atoms with E-state index >= 15 is 0 Å². The predicted octanol–water partition coefficient (Wildman–Crippen LogP) is 3.66. The molecule has 0 unspecified atom stereocenters. The number of fused-ring (bicyclic) bond motifs is 1. The molecule has 24 heavy (non-hydrogen) atoms. The minimum absolute atomic E-state index is 0.898. The summed E-state index contributed by atoms with van der Waals surface area (Å²) in [6.07, 6.45) is 2.72. The van der Waals surface area contributed by atoms with Crippen LogP contribution >= 0.6 is 0 Å². The molecule has 0 spiro atoms. The molecule has 1 aliphatic heterocycles. The summed E-state index contributed by atoms with van der Waals surface area (Å²) in [6.45, 7) is 6.14. The highest BCUT2D eigenvalue weighted by atomic mass is 15.1. The molecule has 2 heteroatoms. The van der Waals surface area contributed by atoms with Gasteiger partial charge in [-0.1, -0.05) is 55.5 Å². The first-order valence-corrected chi connectivity index (χ1v) is 9.19. The number of aromatic nitrogens is 1. The Bertz CT molecular complexity index is 824. The molecule has 2 nitrogen and oxygen atoms in total. The normalized spacial score (nSPS) is 21.2.